The molecule has 3 aromatic rings. The molecule has 0 unspecified atom stereocenters. The number of nitrogens with zero attached hydrogens (tertiary/aromatic N) is 4. The van der Waals surface area contributed by atoms with Crippen LogP contribution in [0.5, 0.6) is 5.75 Å². The molecule has 0 radical (unpaired) electrons. The van der Waals surface area contributed by atoms with Gasteiger partial charge in [0.05, 0.1) is 12.1 Å². The lowest BCUT2D eigenvalue weighted by Gasteiger charge is -2.20. The molecule has 0 spiro atoms. The summed E-state index contributed by atoms with van der Waals surface area (Å²) in [5, 5.41) is 17.7. The Morgan fingerprint density at radius 3 is 2.74 bits per heavy atom. The number of aryl methyl sites for hydroxylation is 1. The minimum absolute atomic E-state index is 0.0947. The van der Waals surface area contributed by atoms with Crippen LogP contribution < -0.4 is 4.74 Å². The molecule has 38 heavy (non-hydrogen) atoms. The molecule has 0 saturated heterocycles. The number of hydrogen-bond acceptors (Lipinski definition) is 5. The second-order valence-electron chi connectivity index (χ2n) is 10.1. The van der Waals surface area contributed by atoms with E-state index in [1.165, 1.54) is 31.0 Å². The summed E-state index contributed by atoms with van der Waals surface area (Å²) in [4.78, 5) is 17.5. The number of hydrazone groups is 1. The lowest BCUT2D eigenvalue weighted by atomic mass is 9.90. The van der Waals surface area contributed by atoms with E-state index in [4.69, 9.17) is 15.2 Å². The SMILES string of the molecule is Cc1cccc(OCCn2c(C)c(/C=C3/C(=N)N4N=C(C5CCCCC5)SC4=NC3=O)c3ccccc32)c1. The van der Waals surface area contributed by atoms with Crippen LogP contribution >= 0.6 is 11.8 Å². The van der Waals surface area contributed by atoms with E-state index in [0.717, 1.165) is 51.4 Å². The van der Waals surface area contributed by atoms with Gasteiger partial charge in [0.1, 0.15) is 17.4 Å². The van der Waals surface area contributed by atoms with Gasteiger partial charge in [0, 0.05) is 28.1 Å². The van der Waals surface area contributed by atoms with Crippen LogP contribution in [0.3, 0.4) is 0 Å². The molecule has 1 N–H and O–H groups in total. The first kappa shape index (κ1) is 24.7. The maximum atomic E-state index is 13.1. The fourth-order valence-electron chi connectivity index (χ4n) is 5.55. The van der Waals surface area contributed by atoms with Crippen molar-refractivity contribution in [1.82, 2.24) is 9.58 Å². The molecule has 2 aromatic carbocycles. The summed E-state index contributed by atoms with van der Waals surface area (Å²) >= 11 is 1.45. The van der Waals surface area contributed by atoms with Crippen molar-refractivity contribution in [3.8, 4) is 5.75 Å². The van der Waals surface area contributed by atoms with E-state index in [-0.39, 0.29) is 17.3 Å². The molecule has 0 atom stereocenters. The Morgan fingerprint density at radius 1 is 1.11 bits per heavy atom. The van der Waals surface area contributed by atoms with Crippen molar-refractivity contribution in [2.75, 3.05) is 6.61 Å². The van der Waals surface area contributed by atoms with Crippen LogP contribution in [0, 0.1) is 25.2 Å². The van der Waals surface area contributed by atoms with Crippen LogP contribution in [0.4, 0.5) is 0 Å². The quantitative estimate of drug-likeness (QED) is 0.371. The summed E-state index contributed by atoms with van der Waals surface area (Å²) in [5.41, 5.74) is 4.44. The number of aromatic nitrogens is 1. The molecule has 8 heteroatoms. The first-order valence-corrected chi connectivity index (χ1v) is 14.1. The molecule has 1 fully saturated rings. The van der Waals surface area contributed by atoms with Crippen LogP contribution in [0.1, 0.15) is 48.9 Å². The lowest BCUT2D eigenvalue weighted by molar-refractivity contribution is -0.114. The molecule has 0 bridgehead atoms. The first-order valence-electron chi connectivity index (χ1n) is 13.3. The Morgan fingerprint density at radius 2 is 1.92 bits per heavy atom. The number of benzene rings is 2. The molecular formula is C30H31N5O2S. The third-order valence-electron chi connectivity index (χ3n) is 7.57. The zero-order valence-electron chi connectivity index (χ0n) is 21.7. The topological polar surface area (TPSA) is 83.0 Å². The number of fused-ring (bicyclic) bond motifs is 2. The maximum absolute atomic E-state index is 13.1. The summed E-state index contributed by atoms with van der Waals surface area (Å²) in [7, 11) is 0. The van der Waals surface area contributed by atoms with E-state index >= 15 is 0 Å². The molecule has 3 aliphatic rings. The summed E-state index contributed by atoms with van der Waals surface area (Å²) in [6.45, 7) is 5.28. The zero-order chi connectivity index (χ0) is 26.2. The Balaban J connectivity index is 1.29. The van der Waals surface area contributed by atoms with E-state index in [1.54, 1.807) is 5.01 Å². The molecule has 1 aliphatic carbocycles. The van der Waals surface area contributed by atoms with Crippen LogP contribution in [-0.4, -0.2) is 38.1 Å². The molecule has 1 saturated carbocycles. The molecule has 194 valence electrons. The van der Waals surface area contributed by atoms with Gasteiger partial charge in [-0.3, -0.25) is 10.2 Å². The number of amidine groups is 2. The summed E-state index contributed by atoms with van der Waals surface area (Å²) in [5.74, 6) is 0.970. The molecule has 6 rings (SSSR count). The molecule has 1 amide bonds. The van der Waals surface area contributed by atoms with Crippen molar-refractivity contribution in [3.63, 3.8) is 0 Å². The number of nitrogens with one attached hydrogen (secondary N) is 1. The largest absolute Gasteiger partial charge is 0.492 e. The molecule has 3 heterocycles. The highest BCUT2D eigenvalue weighted by Crippen LogP contribution is 2.37. The predicted molar refractivity (Wildman–Crippen MR) is 155 cm³/mol. The highest BCUT2D eigenvalue weighted by molar-refractivity contribution is 8.27. The number of ether oxygens (including phenoxy) is 1. The molecule has 2 aliphatic heterocycles. The highest BCUT2D eigenvalue weighted by Gasteiger charge is 2.38. The van der Waals surface area contributed by atoms with E-state index in [0.29, 0.717) is 24.2 Å². The molecular weight excluding hydrogens is 494 g/mol. The van der Waals surface area contributed by atoms with Crippen molar-refractivity contribution in [2.45, 2.75) is 52.5 Å². The smallest absolute Gasteiger partial charge is 0.283 e. The third kappa shape index (κ3) is 4.58. The van der Waals surface area contributed by atoms with Crippen LogP contribution in [0.15, 0.2) is 64.2 Å². The summed E-state index contributed by atoms with van der Waals surface area (Å²) < 4.78 is 8.25. The monoisotopic (exact) mass is 525 g/mol. The number of carbonyl (C=O) groups is 1. The average Bonchev–Trinajstić information content (AvgIpc) is 3.46. The Kier molecular flexibility index (Phi) is 6.66. The van der Waals surface area contributed by atoms with Crippen LogP contribution in [-0.2, 0) is 11.3 Å². The average molecular weight is 526 g/mol. The minimum Gasteiger partial charge on any atom is -0.492 e. The molecule has 7 nitrogen and oxygen atoms in total. The van der Waals surface area contributed by atoms with Gasteiger partial charge in [-0.2, -0.15) is 15.1 Å². The van der Waals surface area contributed by atoms with Gasteiger partial charge in [-0.05, 0) is 68.3 Å². The fourth-order valence-corrected chi connectivity index (χ4v) is 6.61. The number of rotatable bonds is 6. The minimum atomic E-state index is -0.382. The van der Waals surface area contributed by atoms with Gasteiger partial charge in [-0.1, -0.05) is 49.6 Å². The fraction of sp³-hybridized carbons (Fsp3) is 0.333. The Hall–Kier alpha value is -3.65. The Bertz CT molecular complexity index is 1530. The second kappa shape index (κ2) is 10.3. The van der Waals surface area contributed by atoms with Crippen molar-refractivity contribution in [3.05, 3.63) is 70.9 Å². The van der Waals surface area contributed by atoms with Gasteiger partial charge in [0.15, 0.2) is 5.84 Å². The maximum Gasteiger partial charge on any atom is 0.283 e. The predicted octanol–water partition coefficient (Wildman–Crippen LogP) is 6.54. The lowest BCUT2D eigenvalue weighted by Crippen LogP contribution is -2.35. The number of amides is 1. The van der Waals surface area contributed by atoms with Gasteiger partial charge in [0.2, 0.25) is 5.17 Å². The van der Waals surface area contributed by atoms with Crippen molar-refractivity contribution in [2.24, 2.45) is 16.0 Å². The van der Waals surface area contributed by atoms with E-state index in [9.17, 15) is 4.79 Å². The summed E-state index contributed by atoms with van der Waals surface area (Å²) in [6.07, 6.45) is 7.73. The zero-order valence-corrected chi connectivity index (χ0v) is 22.6. The van der Waals surface area contributed by atoms with Crippen molar-refractivity contribution in [1.29, 1.82) is 5.41 Å². The highest BCUT2D eigenvalue weighted by atomic mass is 32.2. The normalized spacial score (nSPS) is 19.2. The van der Waals surface area contributed by atoms with Crippen LogP contribution in [0.2, 0.25) is 0 Å². The number of carbonyl (C=O) groups excluding carboxylic acids is 1. The van der Waals surface area contributed by atoms with E-state index < -0.39 is 0 Å². The van der Waals surface area contributed by atoms with Crippen LogP contribution in [0.25, 0.3) is 17.0 Å². The van der Waals surface area contributed by atoms with Gasteiger partial charge < -0.3 is 9.30 Å². The van der Waals surface area contributed by atoms with E-state index in [2.05, 4.69) is 41.6 Å². The third-order valence-corrected chi connectivity index (χ3v) is 8.64. The van der Waals surface area contributed by atoms with Gasteiger partial charge in [-0.25, -0.2) is 0 Å². The van der Waals surface area contributed by atoms with Gasteiger partial charge in [-0.15, -0.1) is 0 Å². The number of hydrogen-bond donors (Lipinski definition) is 1. The second-order valence-corrected chi connectivity index (χ2v) is 11.1. The number of aliphatic imine (C=N–C) groups is 1. The van der Waals surface area contributed by atoms with Crippen molar-refractivity contribution < 1.29 is 9.53 Å². The number of thioether (sulfide) groups is 1. The summed E-state index contributed by atoms with van der Waals surface area (Å²) in [6, 6.07) is 16.2. The number of para-hydroxylation sites is 1. The van der Waals surface area contributed by atoms with Gasteiger partial charge >= 0.3 is 0 Å². The molecule has 1 aromatic heterocycles. The first-order chi connectivity index (χ1) is 18.5. The Labute approximate surface area is 226 Å². The standard InChI is InChI=1S/C30H31N5O2S/c1-19-9-8-12-22(17-19)37-16-15-34-20(2)24(23-13-6-7-14-26(23)34)18-25-27(31)35-30(32-28(25)36)38-29(33-35)21-10-4-3-5-11-21/h6-9,12-14,17-18,21,31H,3-5,10-11,15-16H2,1-2H3/b25-18-,31-27?. The van der Waals surface area contributed by atoms with Crippen molar-refractivity contribution >= 4 is 50.7 Å². The van der Waals surface area contributed by atoms with E-state index in [1.807, 2.05) is 36.4 Å². The van der Waals surface area contributed by atoms with Gasteiger partial charge in [0.25, 0.3) is 5.91 Å².